The van der Waals surface area contributed by atoms with Crippen molar-refractivity contribution in [2.24, 2.45) is 0 Å². The summed E-state index contributed by atoms with van der Waals surface area (Å²) < 4.78 is 0. The van der Waals surface area contributed by atoms with Gasteiger partial charge in [-0.15, -0.1) is 0 Å². The summed E-state index contributed by atoms with van der Waals surface area (Å²) in [6.45, 7) is 0. The van der Waals surface area contributed by atoms with Gasteiger partial charge in [-0.05, 0) is 105 Å². The van der Waals surface area contributed by atoms with Crippen LogP contribution in [0.1, 0.15) is 0 Å². The summed E-state index contributed by atoms with van der Waals surface area (Å²) in [6.07, 6.45) is 0. The van der Waals surface area contributed by atoms with Crippen molar-refractivity contribution >= 4 is 39.2 Å². The molecule has 49 heavy (non-hydrogen) atoms. The van der Waals surface area contributed by atoms with Crippen LogP contribution in [0.5, 0.6) is 0 Å². The molecule has 0 N–H and O–H groups in total. The minimum atomic E-state index is 1.11. The number of fused-ring (bicyclic) bond motifs is 1. The summed E-state index contributed by atoms with van der Waals surface area (Å²) in [7, 11) is 2.13. The molecule has 0 fully saturated rings. The van der Waals surface area contributed by atoms with Crippen LogP contribution in [0, 0.1) is 0 Å². The maximum Gasteiger partial charge on any atom is 0.0462 e. The number of benzene rings is 8. The smallest absolute Gasteiger partial charge is 0.0462 e. The maximum absolute atomic E-state index is 2.33. The highest BCUT2D eigenvalue weighted by Gasteiger charge is 2.14. The van der Waals surface area contributed by atoms with Crippen LogP contribution < -0.4 is 9.80 Å². The van der Waals surface area contributed by atoms with Crippen molar-refractivity contribution in [3.05, 3.63) is 200 Å². The Balaban J connectivity index is 1.08. The third-order valence-electron chi connectivity index (χ3n) is 9.30. The number of nitrogens with zero attached hydrogens (tertiary/aromatic N) is 2. The fourth-order valence-corrected chi connectivity index (χ4v) is 6.53. The van der Waals surface area contributed by atoms with E-state index in [0.29, 0.717) is 0 Å². The van der Waals surface area contributed by atoms with E-state index in [1.54, 1.807) is 0 Å². The normalized spacial score (nSPS) is 11.0. The Labute approximate surface area is 288 Å². The van der Waals surface area contributed by atoms with Gasteiger partial charge in [0.2, 0.25) is 0 Å². The second-order valence-corrected chi connectivity index (χ2v) is 12.3. The molecule has 0 amide bonds. The lowest BCUT2D eigenvalue weighted by Crippen LogP contribution is -2.10. The maximum atomic E-state index is 2.33. The lowest BCUT2D eigenvalue weighted by atomic mass is 10.0. The average molecular weight is 629 g/mol. The van der Waals surface area contributed by atoms with Crippen LogP contribution in [0.4, 0.5) is 28.4 Å². The molecule has 8 rings (SSSR count). The zero-order chi connectivity index (χ0) is 33.0. The first-order valence-electron chi connectivity index (χ1n) is 16.7. The van der Waals surface area contributed by atoms with Crippen molar-refractivity contribution < 1.29 is 0 Å². The van der Waals surface area contributed by atoms with Crippen LogP contribution in [-0.2, 0) is 0 Å². The Hall–Kier alpha value is -6.38. The van der Waals surface area contributed by atoms with Crippen LogP contribution in [0.3, 0.4) is 0 Å². The van der Waals surface area contributed by atoms with E-state index in [4.69, 9.17) is 0 Å². The molecule has 8 aromatic rings. The molecule has 0 atom stereocenters. The molecule has 0 bridgehead atoms. The third-order valence-corrected chi connectivity index (χ3v) is 9.30. The van der Waals surface area contributed by atoms with E-state index >= 15 is 0 Å². The fraction of sp³-hybridized carbons (Fsp3) is 0.0213. The van der Waals surface area contributed by atoms with E-state index in [9.17, 15) is 0 Å². The summed E-state index contributed by atoms with van der Waals surface area (Å²) in [6, 6.07) is 71.6. The lowest BCUT2D eigenvalue weighted by Gasteiger charge is -2.26. The minimum Gasteiger partial charge on any atom is -0.345 e. The van der Waals surface area contributed by atoms with E-state index in [1.165, 1.54) is 49.8 Å². The largest absolute Gasteiger partial charge is 0.345 e. The van der Waals surface area contributed by atoms with Crippen LogP contribution in [-0.4, -0.2) is 7.05 Å². The van der Waals surface area contributed by atoms with Gasteiger partial charge in [0.25, 0.3) is 0 Å². The zero-order valence-corrected chi connectivity index (χ0v) is 27.4. The molecule has 0 aliphatic rings. The molecule has 0 aliphatic heterocycles. The first-order valence-corrected chi connectivity index (χ1v) is 16.7. The Kier molecular flexibility index (Phi) is 8.19. The van der Waals surface area contributed by atoms with Gasteiger partial charge < -0.3 is 9.80 Å². The second-order valence-electron chi connectivity index (χ2n) is 12.3. The third kappa shape index (κ3) is 6.33. The van der Waals surface area contributed by atoms with Gasteiger partial charge in [-0.1, -0.05) is 140 Å². The predicted octanol–water partition coefficient (Wildman–Crippen LogP) is 13.1. The molecule has 0 unspecified atom stereocenters. The number of rotatable bonds is 8. The Bertz CT molecular complexity index is 2210. The molecule has 2 nitrogen and oxygen atoms in total. The monoisotopic (exact) mass is 628 g/mol. The highest BCUT2D eigenvalue weighted by molar-refractivity contribution is 5.87. The standard InChI is InChI=1S/C47H36N2/c1-48(47-33-24-37-14-8-9-15-42(37)34-47)43-25-16-40(17-26-43)41-22-31-46(32-23-41)49(44-27-18-38(19-28-44)35-10-4-2-5-11-35)45-29-20-39(21-30-45)36-12-6-3-7-13-36/h2-34H,1H3. The Morgan fingerprint density at radius 2 is 0.592 bits per heavy atom. The van der Waals surface area contributed by atoms with Gasteiger partial charge in [0, 0.05) is 35.5 Å². The number of hydrogen-bond donors (Lipinski definition) is 0. The Morgan fingerprint density at radius 1 is 0.265 bits per heavy atom. The summed E-state index contributed by atoms with van der Waals surface area (Å²) in [5.74, 6) is 0. The summed E-state index contributed by atoms with van der Waals surface area (Å²) in [5.41, 5.74) is 12.9. The van der Waals surface area contributed by atoms with Crippen LogP contribution in [0.15, 0.2) is 200 Å². The van der Waals surface area contributed by atoms with E-state index in [1.807, 2.05) is 0 Å². The van der Waals surface area contributed by atoms with Gasteiger partial charge in [0.1, 0.15) is 0 Å². The summed E-state index contributed by atoms with van der Waals surface area (Å²) in [4.78, 5) is 4.57. The molecule has 0 aromatic heterocycles. The SMILES string of the molecule is CN(c1ccc(-c2ccc(N(c3ccc(-c4ccccc4)cc3)c3ccc(-c4ccccc4)cc3)cc2)cc1)c1ccc2ccccc2c1. The predicted molar refractivity (Wildman–Crippen MR) is 209 cm³/mol. The highest BCUT2D eigenvalue weighted by Crippen LogP contribution is 2.38. The van der Waals surface area contributed by atoms with Gasteiger partial charge in [-0.2, -0.15) is 0 Å². The first-order chi connectivity index (χ1) is 24.2. The number of hydrogen-bond acceptors (Lipinski definition) is 2. The molecular formula is C47H36N2. The van der Waals surface area contributed by atoms with Gasteiger partial charge in [0.15, 0.2) is 0 Å². The molecular weight excluding hydrogens is 593 g/mol. The van der Waals surface area contributed by atoms with Gasteiger partial charge in [0.05, 0.1) is 0 Å². The first kappa shape index (κ1) is 30.0. The molecule has 0 saturated heterocycles. The van der Waals surface area contributed by atoms with Crippen molar-refractivity contribution in [1.82, 2.24) is 0 Å². The van der Waals surface area contributed by atoms with E-state index < -0.39 is 0 Å². The summed E-state index contributed by atoms with van der Waals surface area (Å²) in [5, 5.41) is 2.50. The number of anilines is 5. The molecule has 0 heterocycles. The van der Waals surface area contributed by atoms with Crippen LogP contribution in [0.25, 0.3) is 44.2 Å². The molecule has 0 aliphatic carbocycles. The van der Waals surface area contributed by atoms with Crippen molar-refractivity contribution in [2.75, 3.05) is 16.8 Å². The highest BCUT2D eigenvalue weighted by atomic mass is 15.1. The van der Waals surface area contributed by atoms with Gasteiger partial charge >= 0.3 is 0 Å². The minimum absolute atomic E-state index is 1.11. The average Bonchev–Trinajstić information content (AvgIpc) is 3.19. The van der Waals surface area contributed by atoms with E-state index in [-0.39, 0.29) is 0 Å². The topological polar surface area (TPSA) is 6.48 Å². The molecule has 2 heteroatoms. The molecule has 8 aromatic carbocycles. The fourth-order valence-electron chi connectivity index (χ4n) is 6.53. The zero-order valence-electron chi connectivity index (χ0n) is 27.4. The second kappa shape index (κ2) is 13.4. The van der Waals surface area contributed by atoms with Crippen LogP contribution in [0.2, 0.25) is 0 Å². The summed E-state index contributed by atoms with van der Waals surface area (Å²) >= 11 is 0. The van der Waals surface area contributed by atoms with E-state index in [0.717, 1.165) is 22.7 Å². The van der Waals surface area contributed by atoms with Crippen LogP contribution >= 0.6 is 0 Å². The molecule has 234 valence electrons. The van der Waals surface area contributed by atoms with Crippen molar-refractivity contribution in [3.8, 4) is 33.4 Å². The van der Waals surface area contributed by atoms with Crippen molar-refractivity contribution in [3.63, 3.8) is 0 Å². The van der Waals surface area contributed by atoms with Crippen molar-refractivity contribution in [2.45, 2.75) is 0 Å². The Morgan fingerprint density at radius 3 is 1.02 bits per heavy atom. The van der Waals surface area contributed by atoms with Crippen molar-refractivity contribution in [1.29, 1.82) is 0 Å². The van der Waals surface area contributed by atoms with Gasteiger partial charge in [-0.25, -0.2) is 0 Å². The molecule has 0 saturated carbocycles. The van der Waals surface area contributed by atoms with E-state index in [2.05, 4.69) is 217 Å². The molecule has 0 spiro atoms. The van der Waals surface area contributed by atoms with Gasteiger partial charge in [-0.3, -0.25) is 0 Å². The lowest BCUT2D eigenvalue weighted by molar-refractivity contribution is 1.21. The molecule has 0 radical (unpaired) electrons. The quantitative estimate of drug-likeness (QED) is 0.165.